The summed E-state index contributed by atoms with van der Waals surface area (Å²) in [5.74, 6) is -8.71. The Morgan fingerprint density at radius 2 is 1.56 bits per heavy atom. The zero-order valence-corrected chi connectivity index (χ0v) is 49.1. The second-order valence-corrected chi connectivity index (χ2v) is 22.5. The Morgan fingerprint density at radius 1 is 0.864 bits per heavy atom. The molecule has 2 heterocycles. The van der Waals surface area contributed by atoms with Crippen LogP contribution in [0, 0.1) is 35.5 Å². The van der Waals surface area contributed by atoms with E-state index in [1.165, 1.54) is 13.2 Å². The summed E-state index contributed by atoms with van der Waals surface area (Å²) in [6.07, 6.45) is -4.24. The normalized spacial score (nSPS) is 26.1. The Bertz CT molecular complexity index is 2100. The predicted molar refractivity (Wildman–Crippen MR) is 289 cm³/mol. The third-order valence-corrected chi connectivity index (χ3v) is 15.7. The molecule has 0 aromatic carbocycles. The van der Waals surface area contributed by atoms with Gasteiger partial charge in [0.25, 0.3) is 11.7 Å². The van der Waals surface area contributed by atoms with Crippen molar-refractivity contribution in [3.63, 3.8) is 0 Å². The highest BCUT2D eigenvalue weighted by atomic mass is 19.4. The van der Waals surface area contributed by atoms with Crippen molar-refractivity contribution in [3.05, 3.63) is 48.1 Å². The SMILES string of the molecule is C=C/C=C/C=C(\C)[C@@H](C[C@@H]1CC[C@@H](C)[C@](O)(C(=O)C(=O)N2CCCC[C@H]2C(=O)O[C@@H](CC(=O)[C@H](C)/C=C(\C)[C@@H](O)[C@@H](OC)C(=O)[C@H](C)CC(C)C)[C@H](C)C[C@@H]2CC[C@@H](OCCO)[C@H](OC)C2)O1)OCCOCCOC(F)(F)C(F)(F)F. The van der Waals surface area contributed by atoms with Gasteiger partial charge in [0.1, 0.15) is 30.1 Å². The molecule has 3 fully saturated rings. The number of rotatable bonds is 35. The smallest absolute Gasteiger partial charge is 0.460 e. The number of carbonyl (C=O) groups excluding carboxylic acids is 5. The number of esters is 1. The minimum absolute atomic E-state index is 0.0287. The minimum atomic E-state index is -5.89. The van der Waals surface area contributed by atoms with Crippen molar-refractivity contribution < 1.29 is 99.1 Å². The highest BCUT2D eigenvalue weighted by molar-refractivity contribution is 6.39. The summed E-state index contributed by atoms with van der Waals surface area (Å²) in [5, 5.41) is 32.8. The number of alkyl halides is 5. The molecule has 0 unspecified atom stereocenters. The van der Waals surface area contributed by atoms with Crippen LogP contribution in [0.3, 0.4) is 0 Å². The van der Waals surface area contributed by atoms with Gasteiger partial charge in [0.05, 0.1) is 64.1 Å². The molecule has 0 radical (unpaired) electrons. The topological polar surface area (TPSA) is 223 Å². The van der Waals surface area contributed by atoms with Crippen molar-refractivity contribution >= 4 is 29.2 Å². The maximum absolute atomic E-state index is 14.6. The van der Waals surface area contributed by atoms with Crippen LogP contribution in [0.15, 0.2) is 48.1 Å². The zero-order valence-electron chi connectivity index (χ0n) is 49.1. The first kappa shape index (κ1) is 71.4. The van der Waals surface area contributed by atoms with Crippen LogP contribution in [0.4, 0.5) is 22.0 Å². The number of carbonyl (C=O) groups is 5. The first-order valence-corrected chi connectivity index (χ1v) is 28.5. The van der Waals surface area contributed by atoms with Gasteiger partial charge in [0.15, 0.2) is 5.78 Å². The first-order valence-electron chi connectivity index (χ1n) is 28.5. The second-order valence-electron chi connectivity index (χ2n) is 22.5. The number of amides is 1. The van der Waals surface area contributed by atoms with Gasteiger partial charge in [-0.15, -0.1) is 0 Å². The minimum Gasteiger partial charge on any atom is -0.460 e. The van der Waals surface area contributed by atoms with E-state index in [9.17, 15) is 61.2 Å². The molecule has 17 nitrogen and oxygen atoms in total. The van der Waals surface area contributed by atoms with Gasteiger partial charge in [-0.2, -0.15) is 22.0 Å². The van der Waals surface area contributed by atoms with E-state index in [0.29, 0.717) is 56.1 Å². The fourth-order valence-corrected chi connectivity index (χ4v) is 10.9. The fraction of sp³-hybridized carbons (Fsp3) is 0.780. The number of Topliss-reactive ketones (excluding diaryl/α,β-unsaturated/α-hetero) is 3. The van der Waals surface area contributed by atoms with Crippen LogP contribution in [0.1, 0.15) is 132 Å². The molecule has 81 heavy (non-hydrogen) atoms. The Hall–Kier alpha value is -3.84. The molecule has 0 aromatic rings. The molecule has 3 N–H and O–H groups in total. The average molecular weight is 1170 g/mol. The van der Waals surface area contributed by atoms with E-state index in [1.54, 1.807) is 66.0 Å². The number of methoxy groups -OCH3 is 2. The summed E-state index contributed by atoms with van der Waals surface area (Å²) >= 11 is 0. The highest BCUT2D eigenvalue weighted by Crippen LogP contribution is 2.39. The summed E-state index contributed by atoms with van der Waals surface area (Å²) in [6.45, 7) is 15.8. The van der Waals surface area contributed by atoms with Crippen LogP contribution in [0.25, 0.3) is 0 Å². The average Bonchev–Trinajstić information content (AvgIpc) is 3.48. The van der Waals surface area contributed by atoms with Gasteiger partial charge in [-0.1, -0.05) is 78.5 Å². The van der Waals surface area contributed by atoms with E-state index in [1.807, 2.05) is 20.8 Å². The lowest BCUT2D eigenvalue weighted by atomic mass is 9.78. The van der Waals surface area contributed by atoms with Crippen LogP contribution in [-0.4, -0.2) is 177 Å². The van der Waals surface area contributed by atoms with Crippen molar-refractivity contribution in [1.82, 2.24) is 4.90 Å². The van der Waals surface area contributed by atoms with Crippen LogP contribution >= 0.6 is 0 Å². The number of piperidine rings is 1. The summed E-state index contributed by atoms with van der Waals surface area (Å²) in [6, 6.07) is -1.27. The van der Waals surface area contributed by atoms with Crippen LogP contribution < -0.4 is 0 Å². The number of aliphatic hydroxyl groups excluding tert-OH is 2. The highest BCUT2D eigenvalue weighted by Gasteiger charge is 2.59. The van der Waals surface area contributed by atoms with Gasteiger partial charge < -0.3 is 58.1 Å². The Kier molecular flexibility index (Phi) is 30.2. The van der Waals surface area contributed by atoms with E-state index >= 15 is 0 Å². The van der Waals surface area contributed by atoms with Gasteiger partial charge in [0.2, 0.25) is 5.79 Å². The van der Waals surface area contributed by atoms with Crippen molar-refractivity contribution in [2.24, 2.45) is 35.5 Å². The number of ether oxygens (including phenoxy) is 8. The summed E-state index contributed by atoms with van der Waals surface area (Å²) < 4.78 is 108. The summed E-state index contributed by atoms with van der Waals surface area (Å²) in [4.78, 5) is 72.2. The number of hydrogen-bond donors (Lipinski definition) is 3. The second kappa shape index (κ2) is 34.2. The Labute approximate surface area is 475 Å². The molecule has 0 spiro atoms. The predicted octanol–water partition coefficient (Wildman–Crippen LogP) is 8.39. The zero-order chi connectivity index (χ0) is 60.8. The molecule has 464 valence electrons. The summed E-state index contributed by atoms with van der Waals surface area (Å²) in [7, 11) is 2.94. The van der Waals surface area contributed by atoms with Crippen molar-refractivity contribution in [1.29, 1.82) is 0 Å². The number of aliphatic hydroxyl groups is 3. The van der Waals surface area contributed by atoms with Crippen molar-refractivity contribution in [2.45, 2.75) is 199 Å². The third kappa shape index (κ3) is 21.6. The lowest BCUT2D eigenvalue weighted by Crippen LogP contribution is -2.61. The van der Waals surface area contributed by atoms with Crippen LogP contribution in [-0.2, 0) is 61.9 Å². The maximum atomic E-state index is 14.6. The van der Waals surface area contributed by atoms with Crippen LogP contribution in [0.5, 0.6) is 0 Å². The lowest BCUT2D eigenvalue weighted by Gasteiger charge is -2.43. The lowest BCUT2D eigenvalue weighted by molar-refractivity contribution is -0.392. The maximum Gasteiger partial charge on any atom is 0.482 e. The van der Waals surface area contributed by atoms with E-state index < -0.39 is 103 Å². The molecule has 0 aromatic heterocycles. The fourth-order valence-electron chi connectivity index (χ4n) is 10.9. The molecule has 1 saturated carbocycles. The van der Waals surface area contributed by atoms with E-state index in [2.05, 4.69) is 11.3 Å². The van der Waals surface area contributed by atoms with Gasteiger partial charge in [-0.3, -0.25) is 19.2 Å². The van der Waals surface area contributed by atoms with Crippen molar-refractivity contribution in [3.8, 4) is 0 Å². The Balaban J connectivity index is 1.85. The van der Waals surface area contributed by atoms with E-state index in [-0.39, 0.29) is 100 Å². The van der Waals surface area contributed by atoms with Crippen molar-refractivity contribution in [2.75, 3.05) is 60.4 Å². The number of likely N-dealkylation sites (tertiary alicyclic amines) is 1. The first-order chi connectivity index (χ1) is 38.1. The number of hydrogen-bond acceptors (Lipinski definition) is 16. The molecule has 3 aliphatic rings. The van der Waals surface area contributed by atoms with E-state index in [4.69, 9.17) is 33.2 Å². The van der Waals surface area contributed by atoms with Gasteiger partial charge in [-0.25, -0.2) is 4.79 Å². The molecule has 22 heteroatoms. The van der Waals surface area contributed by atoms with Crippen LogP contribution in [0.2, 0.25) is 0 Å². The quantitative estimate of drug-likeness (QED) is 0.0135. The third-order valence-electron chi connectivity index (χ3n) is 15.7. The molecule has 1 amide bonds. The molecule has 1 aliphatic carbocycles. The summed E-state index contributed by atoms with van der Waals surface area (Å²) in [5.41, 5.74) is 0.990. The van der Waals surface area contributed by atoms with E-state index in [0.717, 1.165) is 11.3 Å². The number of nitrogens with zero attached hydrogens (tertiary/aromatic N) is 1. The number of ketones is 3. The Morgan fingerprint density at radius 3 is 2.19 bits per heavy atom. The number of allylic oxidation sites excluding steroid dienone is 5. The molecule has 2 saturated heterocycles. The molecule has 14 atom stereocenters. The monoisotopic (exact) mass is 1170 g/mol. The van der Waals surface area contributed by atoms with Gasteiger partial charge >= 0.3 is 18.3 Å². The van der Waals surface area contributed by atoms with Gasteiger partial charge in [0, 0.05) is 51.4 Å². The standard InChI is InChI=1S/C59H92F5NO16/c1-12-13-14-17-37(4)48(78-28-26-76-27-29-79-59(63,64)58(60,61)62)34-44-21-19-42(9)57(73,81-44)54(70)55(71)65-23-16-15-18-45(65)56(72)80-49(39(6)32-43-20-22-47(77-25-24-66)50(33-43)74-10)35-46(67)38(5)31-41(8)52(69)53(75-11)51(68)40(7)30-36(2)3/h12-14,17,31,36,38-40,42-45,47-50,52-53,66,69,73H,1,15-16,18-30,32-35H2,2-11H3/b14-13+,37-17+,41-31+/t38-,39-,40-,42-,43+,44+,45+,47-,48-,49+,50-,52-,53+,57-/m1/s1. The molecular weight excluding hydrogens is 1070 g/mol. The molecular formula is C59H92F5NO16. The number of halogens is 5. The largest absolute Gasteiger partial charge is 0.482 e. The van der Waals surface area contributed by atoms with Gasteiger partial charge in [-0.05, 0) is 107 Å². The molecule has 2 aliphatic heterocycles. The molecule has 3 rings (SSSR count). The molecule has 0 bridgehead atoms.